The van der Waals surface area contributed by atoms with Crippen molar-refractivity contribution in [1.82, 2.24) is 15.0 Å². The van der Waals surface area contributed by atoms with E-state index >= 15 is 0 Å². The van der Waals surface area contributed by atoms with E-state index in [9.17, 15) is 13.2 Å². The van der Waals surface area contributed by atoms with Crippen molar-refractivity contribution in [3.63, 3.8) is 0 Å². The Balaban J connectivity index is 1.77. The number of hydrogen-bond donors (Lipinski definition) is 3. The molecule has 3 heterocycles. The normalized spacial score (nSPS) is 15.0. The SMILES string of the molecule is NS(=O)(=O)c1ccc(Nc2nc(N3CCOCC3)cc3nc[nH]c(=O)c23)cc1. The molecule has 0 unspecified atom stereocenters. The van der Waals surface area contributed by atoms with Gasteiger partial charge in [-0.15, -0.1) is 0 Å². The highest BCUT2D eigenvalue weighted by atomic mass is 32.2. The Hall–Kier alpha value is -3.02. The molecule has 0 aliphatic carbocycles. The average Bonchev–Trinajstić information content (AvgIpc) is 2.68. The van der Waals surface area contributed by atoms with E-state index in [1.54, 1.807) is 18.2 Å². The Morgan fingerprint density at radius 3 is 2.57 bits per heavy atom. The topological polar surface area (TPSA) is 143 Å². The van der Waals surface area contributed by atoms with E-state index in [1.807, 2.05) is 0 Å². The molecule has 28 heavy (non-hydrogen) atoms. The lowest BCUT2D eigenvalue weighted by Gasteiger charge is -2.28. The van der Waals surface area contributed by atoms with Crippen molar-refractivity contribution < 1.29 is 13.2 Å². The van der Waals surface area contributed by atoms with Gasteiger partial charge in [0.25, 0.3) is 5.56 Å². The van der Waals surface area contributed by atoms with E-state index in [0.29, 0.717) is 54.5 Å². The number of morpholine rings is 1. The van der Waals surface area contributed by atoms with Gasteiger partial charge >= 0.3 is 0 Å². The highest BCUT2D eigenvalue weighted by Crippen LogP contribution is 2.26. The third-order valence-corrected chi connectivity index (χ3v) is 5.32. The number of primary sulfonamides is 1. The van der Waals surface area contributed by atoms with Crippen LogP contribution in [0.3, 0.4) is 0 Å². The maximum atomic E-state index is 12.4. The molecule has 1 aliphatic rings. The zero-order chi connectivity index (χ0) is 19.7. The second kappa shape index (κ2) is 7.19. The summed E-state index contributed by atoms with van der Waals surface area (Å²) in [5.41, 5.74) is 0.738. The van der Waals surface area contributed by atoms with Crippen molar-refractivity contribution in [2.24, 2.45) is 5.14 Å². The van der Waals surface area contributed by atoms with E-state index in [-0.39, 0.29) is 10.5 Å². The molecule has 1 fully saturated rings. The fourth-order valence-corrected chi connectivity index (χ4v) is 3.50. The van der Waals surface area contributed by atoms with E-state index in [1.165, 1.54) is 18.5 Å². The molecule has 0 bridgehead atoms. The molecule has 10 nitrogen and oxygen atoms in total. The van der Waals surface area contributed by atoms with Crippen molar-refractivity contribution in [3.8, 4) is 0 Å². The highest BCUT2D eigenvalue weighted by Gasteiger charge is 2.17. The second-order valence-electron chi connectivity index (χ2n) is 6.25. The Kier molecular flexibility index (Phi) is 4.71. The molecular formula is C17H18N6O4S. The van der Waals surface area contributed by atoms with Crippen LogP contribution in [0.15, 0.2) is 46.3 Å². The van der Waals surface area contributed by atoms with Crippen LogP contribution in [-0.4, -0.2) is 49.7 Å². The number of fused-ring (bicyclic) bond motifs is 1. The van der Waals surface area contributed by atoms with Crippen LogP contribution in [-0.2, 0) is 14.8 Å². The van der Waals surface area contributed by atoms with E-state index in [0.717, 1.165) is 0 Å². The molecule has 1 saturated heterocycles. The number of aromatic nitrogens is 3. The summed E-state index contributed by atoms with van der Waals surface area (Å²) in [4.78, 5) is 25.8. The first kappa shape index (κ1) is 18.3. The molecule has 1 aliphatic heterocycles. The van der Waals surface area contributed by atoms with Crippen LogP contribution < -0.4 is 20.9 Å². The zero-order valence-electron chi connectivity index (χ0n) is 14.8. The monoisotopic (exact) mass is 402 g/mol. The highest BCUT2D eigenvalue weighted by molar-refractivity contribution is 7.89. The number of ether oxygens (including phenoxy) is 1. The molecule has 3 aromatic rings. The number of sulfonamides is 1. The van der Waals surface area contributed by atoms with Gasteiger partial charge in [-0.25, -0.2) is 23.5 Å². The molecule has 4 rings (SSSR count). The maximum absolute atomic E-state index is 12.4. The number of H-pyrrole nitrogens is 1. The van der Waals surface area contributed by atoms with Crippen molar-refractivity contribution >= 4 is 38.2 Å². The van der Waals surface area contributed by atoms with Gasteiger partial charge < -0.3 is 19.9 Å². The van der Waals surface area contributed by atoms with Crippen molar-refractivity contribution in [2.75, 3.05) is 36.5 Å². The molecule has 2 aromatic heterocycles. The first-order valence-corrected chi connectivity index (χ1v) is 10.1. The summed E-state index contributed by atoms with van der Waals surface area (Å²) in [5, 5.41) is 8.52. The van der Waals surface area contributed by atoms with Gasteiger partial charge in [-0.1, -0.05) is 0 Å². The van der Waals surface area contributed by atoms with Gasteiger partial charge in [0.1, 0.15) is 17.0 Å². The lowest BCUT2D eigenvalue weighted by atomic mass is 10.2. The summed E-state index contributed by atoms with van der Waals surface area (Å²) in [5.74, 6) is 1.01. The number of nitrogens with zero attached hydrogens (tertiary/aromatic N) is 3. The summed E-state index contributed by atoms with van der Waals surface area (Å²) < 4.78 is 28.2. The maximum Gasteiger partial charge on any atom is 0.262 e. The lowest BCUT2D eigenvalue weighted by Crippen LogP contribution is -2.36. The average molecular weight is 402 g/mol. The number of pyridine rings is 1. The smallest absolute Gasteiger partial charge is 0.262 e. The third-order valence-electron chi connectivity index (χ3n) is 4.39. The van der Waals surface area contributed by atoms with Crippen molar-refractivity contribution in [1.29, 1.82) is 0 Å². The molecule has 0 saturated carbocycles. The van der Waals surface area contributed by atoms with Crippen LogP contribution in [0.1, 0.15) is 0 Å². The standard InChI is InChI=1S/C17H18N6O4S/c18-28(25,26)12-3-1-11(2-4-12)21-16-15-13(19-10-20-17(15)24)9-14(22-16)23-5-7-27-8-6-23/h1-4,9-10H,5-8H2,(H,21,22)(H2,18,25,26)(H,19,20,24). The molecule has 0 amide bonds. The van der Waals surface area contributed by atoms with Crippen LogP contribution in [0.5, 0.6) is 0 Å². The number of anilines is 3. The largest absolute Gasteiger partial charge is 0.378 e. The molecule has 0 radical (unpaired) electrons. The molecule has 0 atom stereocenters. The van der Waals surface area contributed by atoms with Gasteiger partial charge in [0, 0.05) is 24.8 Å². The predicted molar refractivity (Wildman–Crippen MR) is 104 cm³/mol. The van der Waals surface area contributed by atoms with Crippen LogP contribution in [0.25, 0.3) is 10.9 Å². The van der Waals surface area contributed by atoms with Gasteiger partial charge in [0.15, 0.2) is 0 Å². The van der Waals surface area contributed by atoms with Crippen LogP contribution in [0, 0.1) is 0 Å². The number of benzene rings is 1. The third kappa shape index (κ3) is 3.67. The fourth-order valence-electron chi connectivity index (χ4n) is 2.99. The molecule has 146 valence electrons. The molecular weight excluding hydrogens is 384 g/mol. The summed E-state index contributed by atoms with van der Waals surface area (Å²) in [6, 6.07) is 7.64. The van der Waals surface area contributed by atoms with Gasteiger partial charge in [0.05, 0.1) is 30.0 Å². The Morgan fingerprint density at radius 2 is 1.89 bits per heavy atom. The number of nitrogens with two attached hydrogens (primary N) is 1. The quantitative estimate of drug-likeness (QED) is 0.574. The number of nitrogens with one attached hydrogen (secondary N) is 2. The number of aromatic amines is 1. The Morgan fingerprint density at radius 1 is 1.18 bits per heavy atom. The summed E-state index contributed by atoms with van der Waals surface area (Å²) in [6.45, 7) is 2.56. The Labute approximate surface area is 160 Å². The van der Waals surface area contributed by atoms with Gasteiger partial charge in [-0.05, 0) is 24.3 Å². The first-order valence-electron chi connectivity index (χ1n) is 8.53. The van der Waals surface area contributed by atoms with Crippen molar-refractivity contribution in [3.05, 3.63) is 47.0 Å². The van der Waals surface area contributed by atoms with Gasteiger partial charge in [-0.2, -0.15) is 0 Å². The fraction of sp³-hybridized carbons (Fsp3) is 0.235. The van der Waals surface area contributed by atoms with Gasteiger partial charge in [-0.3, -0.25) is 4.79 Å². The van der Waals surface area contributed by atoms with Crippen LogP contribution in [0.2, 0.25) is 0 Å². The Bertz CT molecular complexity index is 1170. The minimum atomic E-state index is -3.78. The van der Waals surface area contributed by atoms with E-state index in [4.69, 9.17) is 9.88 Å². The van der Waals surface area contributed by atoms with Gasteiger partial charge in [0.2, 0.25) is 10.0 Å². The van der Waals surface area contributed by atoms with E-state index in [2.05, 4.69) is 25.2 Å². The summed E-state index contributed by atoms with van der Waals surface area (Å²) in [7, 11) is -3.78. The number of hydrogen-bond acceptors (Lipinski definition) is 8. The first-order chi connectivity index (χ1) is 13.4. The van der Waals surface area contributed by atoms with Crippen LogP contribution in [0.4, 0.5) is 17.3 Å². The number of rotatable bonds is 4. The van der Waals surface area contributed by atoms with Crippen LogP contribution >= 0.6 is 0 Å². The van der Waals surface area contributed by atoms with E-state index < -0.39 is 10.0 Å². The molecule has 11 heteroatoms. The lowest BCUT2D eigenvalue weighted by molar-refractivity contribution is 0.122. The molecule has 1 aromatic carbocycles. The minimum absolute atomic E-state index is 0.00236. The summed E-state index contributed by atoms with van der Waals surface area (Å²) in [6.07, 6.45) is 1.35. The predicted octanol–water partition coefficient (Wildman–Crippen LogP) is 0.546. The molecule has 0 spiro atoms. The second-order valence-corrected chi connectivity index (χ2v) is 7.81. The summed E-state index contributed by atoms with van der Waals surface area (Å²) >= 11 is 0. The molecule has 4 N–H and O–H groups in total. The minimum Gasteiger partial charge on any atom is -0.378 e. The van der Waals surface area contributed by atoms with Crippen molar-refractivity contribution in [2.45, 2.75) is 4.90 Å². The zero-order valence-corrected chi connectivity index (χ0v) is 15.6.